The molecule has 31 heavy (non-hydrogen) atoms. The lowest BCUT2D eigenvalue weighted by molar-refractivity contribution is 0.328. The Morgan fingerprint density at radius 2 is 1.68 bits per heavy atom. The summed E-state index contributed by atoms with van der Waals surface area (Å²) in [6, 6.07) is 6.60. The van der Waals surface area contributed by atoms with Crippen LogP contribution in [0.4, 0.5) is 11.6 Å². The number of nitrogens with one attached hydrogen (secondary N) is 2. The molecule has 0 bridgehead atoms. The topological polar surface area (TPSA) is 73.0 Å². The van der Waals surface area contributed by atoms with Crippen LogP contribution in [0.15, 0.2) is 18.2 Å². The molecule has 7 nitrogen and oxygen atoms in total. The summed E-state index contributed by atoms with van der Waals surface area (Å²) in [5, 5.41) is 13.3. The van der Waals surface area contributed by atoms with Gasteiger partial charge < -0.3 is 20.1 Å². The number of benzene rings is 1. The maximum absolute atomic E-state index is 4.68. The predicted molar refractivity (Wildman–Crippen MR) is 128 cm³/mol. The number of rotatable bonds is 9. The molecule has 2 fully saturated rings. The second kappa shape index (κ2) is 9.81. The highest BCUT2D eigenvalue weighted by Gasteiger charge is 2.14. The van der Waals surface area contributed by atoms with Gasteiger partial charge in [0.25, 0.3) is 0 Å². The average Bonchev–Trinajstić information content (AvgIpc) is 3.46. The van der Waals surface area contributed by atoms with Crippen molar-refractivity contribution in [3.63, 3.8) is 0 Å². The molecule has 2 saturated heterocycles. The third-order valence-electron chi connectivity index (χ3n) is 6.80. The van der Waals surface area contributed by atoms with Gasteiger partial charge in [0.1, 0.15) is 5.52 Å². The van der Waals surface area contributed by atoms with Crippen LogP contribution < -0.4 is 10.2 Å². The fourth-order valence-electron chi connectivity index (χ4n) is 5.00. The molecule has 0 unspecified atom stereocenters. The number of piperidine rings is 1. The third-order valence-corrected chi connectivity index (χ3v) is 6.80. The Hall–Kier alpha value is -2.41. The van der Waals surface area contributed by atoms with E-state index >= 15 is 0 Å². The van der Waals surface area contributed by atoms with Crippen LogP contribution in [0.5, 0.6) is 0 Å². The lowest BCUT2D eigenvalue weighted by Gasteiger charge is -2.28. The minimum Gasteiger partial charge on any atom is -0.372 e. The molecule has 2 N–H and O–H groups in total. The molecule has 2 aromatic heterocycles. The number of aromatic nitrogens is 4. The van der Waals surface area contributed by atoms with Gasteiger partial charge in [-0.2, -0.15) is 4.98 Å². The number of anilines is 2. The molecule has 0 radical (unpaired) electrons. The van der Waals surface area contributed by atoms with Crippen molar-refractivity contribution < 1.29 is 0 Å². The second-order valence-electron chi connectivity index (χ2n) is 9.12. The Balaban J connectivity index is 1.14. The molecule has 0 saturated carbocycles. The van der Waals surface area contributed by atoms with E-state index < -0.39 is 0 Å². The van der Waals surface area contributed by atoms with Gasteiger partial charge >= 0.3 is 0 Å². The molecule has 3 aromatic rings. The Morgan fingerprint density at radius 3 is 2.55 bits per heavy atom. The first kappa shape index (κ1) is 20.5. The molecule has 166 valence electrons. The van der Waals surface area contributed by atoms with Gasteiger partial charge in [0.2, 0.25) is 5.95 Å². The highest BCUT2D eigenvalue weighted by molar-refractivity contribution is 6.04. The van der Waals surface area contributed by atoms with Crippen LogP contribution in [0.25, 0.3) is 22.1 Å². The molecule has 2 aliphatic rings. The number of hydrogen-bond donors (Lipinski definition) is 2. The van der Waals surface area contributed by atoms with E-state index in [1.54, 1.807) is 0 Å². The van der Waals surface area contributed by atoms with E-state index in [2.05, 4.69) is 53.5 Å². The summed E-state index contributed by atoms with van der Waals surface area (Å²) < 4.78 is 0. The molecule has 1 aromatic carbocycles. The van der Waals surface area contributed by atoms with E-state index in [0.717, 1.165) is 48.1 Å². The maximum Gasteiger partial charge on any atom is 0.244 e. The number of likely N-dealkylation sites (tertiary alicyclic amines) is 1. The fraction of sp³-hybridized carbons (Fsp3) is 0.625. The summed E-state index contributed by atoms with van der Waals surface area (Å²) >= 11 is 0. The normalized spacial score (nSPS) is 17.7. The first-order chi connectivity index (χ1) is 15.4. The number of nitrogens with zero attached hydrogens (tertiary/aromatic N) is 5. The SMILES string of the molecule is c1cc2[nH]c3nc(NCCCCCCN4CCCC4)nnc3c2cc1N1CCCCC1. The first-order valence-corrected chi connectivity index (χ1v) is 12.2. The summed E-state index contributed by atoms with van der Waals surface area (Å²) in [6.07, 6.45) is 11.7. The van der Waals surface area contributed by atoms with Crippen molar-refractivity contribution in [2.24, 2.45) is 0 Å². The minimum atomic E-state index is 0.618. The smallest absolute Gasteiger partial charge is 0.244 e. The highest BCUT2D eigenvalue weighted by Crippen LogP contribution is 2.28. The molecule has 5 rings (SSSR count). The van der Waals surface area contributed by atoms with Crippen molar-refractivity contribution >= 4 is 33.7 Å². The Kier molecular flexibility index (Phi) is 6.48. The van der Waals surface area contributed by atoms with Crippen LogP contribution in [-0.2, 0) is 0 Å². The van der Waals surface area contributed by atoms with Crippen molar-refractivity contribution in [1.82, 2.24) is 25.1 Å². The summed E-state index contributed by atoms with van der Waals surface area (Å²) in [4.78, 5) is 13.2. The Labute approximate surface area is 184 Å². The van der Waals surface area contributed by atoms with Crippen molar-refractivity contribution in [3.05, 3.63) is 18.2 Å². The molecule has 0 spiro atoms. The van der Waals surface area contributed by atoms with Crippen molar-refractivity contribution in [3.8, 4) is 0 Å². The van der Waals surface area contributed by atoms with E-state index in [4.69, 9.17) is 0 Å². The van der Waals surface area contributed by atoms with Gasteiger partial charge in [-0.05, 0) is 82.8 Å². The zero-order chi connectivity index (χ0) is 20.9. The number of H-pyrrole nitrogens is 1. The minimum absolute atomic E-state index is 0.618. The summed E-state index contributed by atoms with van der Waals surface area (Å²) in [6.45, 7) is 7.07. The number of fused-ring (bicyclic) bond motifs is 3. The van der Waals surface area contributed by atoms with Crippen molar-refractivity contribution in [1.29, 1.82) is 0 Å². The molecule has 0 amide bonds. The van der Waals surface area contributed by atoms with Gasteiger partial charge in [-0.15, -0.1) is 10.2 Å². The van der Waals surface area contributed by atoms with Gasteiger partial charge in [0.15, 0.2) is 5.65 Å². The monoisotopic (exact) mass is 421 g/mol. The quantitative estimate of drug-likeness (QED) is 0.493. The molecule has 0 atom stereocenters. The van der Waals surface area contributed by atoms with Gasteiger partial charge in [-0.3, -0.25) is 0 Å². The fourth-order valence-corrected chi connectivity index (χ4v) is 5.00. The summed E-state index contributed by atoms with van der Waals surface area (Å²) in [5.41, 5.74) is 4.03. The molecule has 7 heteroatoms. The van der Waals surface area contributed by atoms with Crippen molar-refractivity contribution in [2.75, 3.05) is 49.5 Å². The van der Waals surface area contributed by atoms with E-state index in [-0.39, 0.29) is 0 Å². The number of aromatic amines is 1. The Morgan fingerprint density at radius 1 is 0.871 bits per heavy atom. The van der Waals surface area contributed by atoms with Crippen LogP contribution in [0.1, 0.15) is 57.8 Å². The zero-order valence-electron chi connectivity index (χ0n) is 18.6. The maximum atomic E-state index is 4.68. The first-order valence-electron chi connectivity index (χ1n) is 12.2. The van der Waals surface area contributed by atoms with E-state index in [0.29, 0.717) is 5.95 Å². The van der Waals surface area contributed by atoms with Gasteiger partial charge in [-0.25, -0.2) is 0 Å². The predicted octanol–water partition coefficient (Wildman–Crippen LogP) is 4.56. The van der Waals surface area contributed by atoms with Crippen LogP contribution in [-0.4, -0.2) is 64.3 Å². The largest absolute Gasteiger partial charge is 0.372 e. The van der Waals surface area contributed by atoms with Gasteiger partial charge in [0, 0.05) is 36.2 Å². The Bertz CT molecular complexity index is 986. The molecular weight excluding hydrogens is 386 g/mol. The number of unbranched alkanes of at least 4 members (excludes halogenated alkanes) is 3. The standard InChI is InChI=1S/C24H35N7/c1(2-5-13-30-14-8-9-15-30)4-12-25-24-27-23-22(28-29-24)20-18-19(10-11-21(20)26-23)31-16-6-3-7-17-31/h10-11,18H,1-9,12-17H2,(H2,25,26,27,29). The third kappa shape index (κ3) is 4.92. The number of hydrogen-bond acceptors (Lipinski definition) is 6. The second-order valence-corrected chi connectivity index (χ2v) is 9.12. The molecule has 0 aliphatic carbocycles. The summed E-state index contributed by atoms with van der Waals surface area (Å²) in [7, 11) is 0. The van der Waals surface area contributed by atoms with Gasteiger partial charge in [-0.1, -0.05) is 12.8 Å². The lowest BCUT2D eigenvalue weighted by Crippen LogP contribution is -2.29. The highest BCUT2D eigenvalue weighted by atomic mass is 15.2. The van der Waals surface area contributed by atoms with E-state index in [1.807, 2.05) is 0 Å². The molecular formula is C24H35N7. The van der Waals surface area contributed by atoms with Crippen LogP contribution in [0, 0.1) is 0 Å². The van der Waals surface area contributed by atoms with Crippen LogP contribution in [0.3, 0.4) is 0 Å². The van der Waals surface area contributed by atoms with Crippen LogP contribution >= 0.6 is 0 Å². The average molecular weight is 422 g/mol. The van der Waals surface area contributed by atoms with E-state index in [1.165, 1.54) is 76.7 Å². The molecule has 2 aliphatic heterocycles. The van der Waals surface area contributed by atoms with Gasteiger partial charge in [0.05, 0.1) is 0 Å². The van der Waals surface area contributed by atoms with E-state index in [9.17, 15) is 0 Å². The molecule has 4 heterocycles. The lowest BCUT2D eigenvalue weighted by atomic mass is 10.1. The van der Waals surface area contributed by atoms with Crippen LogP contribution in [0.2, 0.25) is 0 Å². The zero-order valence-corrected chi connectivity index (χ0v) is 18.6. The summed E-state index contributed by atoms with van der Waals surface area (Å²) in [5.74, 6) is 0.618. The van der Waals surface area contributed by atoms with Crippen molar-refractivity contribution in [2.45, 2.75) is 57.8 Å².